The van der Waals surface area contributed by atoms with Crippen LogP contribution in [0.3, 0.4) is 0 Å². The van der Waals surface area contributed by atoms with E-state index in [1.807, 2.05) is 4.90 Å². The van der Waals surface area contributed by atoms with E-state index in [1.165, 1.54) is 11.1 Å². The first-order chi connectivity index (χ1) is 16.1. The number of benzene rings is 1. The largest absolute Gasteiger partial charge is 0.453 e. The standard InChI is InChI=1S/C25H30F3N5O/c1-16-4-6-19(7-5-16)8-9-20-12-14-32(15-13-20)22(34)11-10-21-17(2)29-24-30-23(25(26,27)28)31-33(24)18(21)3/h4-7,20H,8-15H2,1-3H3. The van der Waals surface area contributed by atoms with Crippen molar-refractivity contribution in [3.63, 3.8) is 0 Å². The maximum atomic E-state index is 13.0. The Kier molecular flexibility index (Phi) is 6.91. The zero-order valence-corrected chi connectivity index (χ0v) is 19.8. The summed E-state index contributed by atoms with van der Waals surface area (Å²) in [6, 6.07) is 8.66. The number of rotatable bonds is 6. The maximum Gasteiger partial charge on any atom is 0.453 e. The Hall–Kier alpha value is -2.97. The van der Waals surface area contributed by atoms with Crippen LogP contribution in [0.25, 0.3) is 5.78 Å². The van der Waals surface area contributed by atoms with E-state index in [4.69, 9.17) is 0 Å². The third-order valence-corrected chi connectivity index (χ3v) is 6.82. The molecule has 0 unspecified atom stereocenters. The van der Waals surface area contributed by atoms with Gasteiger partial charge in [0.25, 0.3) is 11.6 Å². The number of fused-ring (bicyclic) bond motifs is 1. The SMILES string of the molecule is Cc1ccc(CCC2CCN(C(=O)CCc3c(C)nc4nc(C(F)(F)F)nn4c3C)CC2)cc1. The van der Waals surface area contributed by atoms with Crippen LogP contribution in [0.4, 0.5) is 13.2 Å². The van der Waals surface area contributed by atoms with Crippen LogP contribution in [0.15, 0.2) is 24.3 Å². The molecule has 1 aliphatic heterocycles. The van der Waals surface area contributed by atoms with E-state index in [0.717, 1.165) is 48.9 Å². The smallest absolute Gasteiger partial charge is 0.343 e. The van der Waals surface area contributed by atoms with Gasteiger partial charge in [-0.15, -0.1) is 5.10 Å². The van der Waals surface area contributed by atoms with Crippen LogP contribution in [0, 0.1) is 26.7 Å². The molecule has 1 fully saturated rings. The van der Waals surface area contributed by atoms with Crippen LogP contribution in [0.5, 0.6) is 0 Å². The number of hydrogen-bond donors (Lipinski definition) is 0. The van der Waals surface area contributed by atoms with E-state index < -0.39 is 12.0 Å². The lowest BCUT2D eigenvalue weighted by atomic mass is 9.90. The Morgan fingerprint density at radius 2 is 1.71 bits per heavy atom. The normalized spacial score (nSPS) is 15.3. The third kappa shape index (κ3) is 5.39. The molecule has 3 aromatic rings. The minimum atomic E-state index is -4.63. The molecule has 3 heterocycles. The van der Waals surface area contributed by atoms with Gasteiger partial charge < -0.3 is 4.90 Å². The molecule has 4 rings (SSSR count). The molecule has 0 spiro atoms. The summed E-state index contributed by atoms with van der Waals surface area (Å²) in [6.45, 7) is 7.02. The van der Waals surface area contributed by atoms with Gasteiger partial charge in [-0.3, -0.25) is 4.79 Å². The number of aromatic nitrogens is 4. The van der Waals surface area contributed by atoms with Crippen molar-refractivity contribution in [3.05, 3.63) is 58.2 Å². The highest BCUT2D eigenvalue weighted by Gasteiger charge is 2.37. The Morgan fingerprint density at radius 3 is 2.35 bits per heavy atom. The van der Waals surface area contributed by atoms with Crippen molar-refractivity contribution >= 4 is 11.7 Å². The predicted octanol–water partition coefficient (Wildman–Crippen LogP) is 4.87. The Labute approximate surface area is 197 Å². The van der Waals surface area contributed by atoms with E-state index >= 15 is 0 Å². The number of aryl methyl sites for hydroxylation is 4. The van der Waals surface area contributed by atoms with Crippen molar-refractivity contribution in [2.75, 3.05) is 13.1 Å². The van der Waals surface area contributed by atoms with E-state index in [0.29, 0.717) is 30.1 Å². The number of hydrogen-bond acceptors (Lipinski definition) is 4. The molecular formula is C25H30F3N5O. The van der Waals surface area contributed by atoms with E-state index in [2.05, 4.69) is 46.3 Å². The topological polar surface area (TPSA) is 63.4 Å². The van der Waals surface area contributed by atoms with Crippen molar-refractivity contribution in [1.29, 1.82) is 0 Å². The highest BCUT2D eigenvalue weighted by molar-refractivity contribution is 5.76. The zero-order valence-electron chi connectivity index (χ0n) is 19.8. The molecule has 1 saturated heterocycles. The van der Waals surface area contributed by atoms with Gasteiger partial charge in [0, 0.05) is 30.9 Å². The number of likely N-dealkylation sites (tertiary alicyclic amines) is 1. The van der Waals surface area contributed by atoms with Crippen molar-refractivity contribution < 1.29 is 18.0 Å². The minimum absolute atomic E-state index is 0.0745. The van der Waals surface area contributed by atoms with Gasteiger partial charge in [0.1, 0.15) is 0 Å². The molecule has 34 heavy (non-hydrogen) atoms. The van der Waals surface area contributed by atoms with Crippen molar-refractivity contribution in [2.24, 2.45) is 5.92 Å². The number of amides is 1. The highest BCUT2D eigenvalue weighted by atomic mass is 19.4. The Bertz CT molecular complexity index is 1160. The first kappa shape index (κ1) is 24.2. The van der Waals surface area contributed by atoms with Crippen LogP contribution < -0.4 is 0 Å². The summed E-state index contributed by atoms with van der Waals surface area (Å²) < 4.78 is 40.1. The van der Waals surface area contributed by atoms with E-state index in [9.17, 15) is 18.0 Å². The minimum Gasteiger partial charge on any atom is -0.343 e. The molecule has 0 aliphatic carbocycles. The van der Waals surface area contributed by atoms with Crippen molar-refractivity contribution in [2.45, 2.75) is 65.5 Å². The maximum absolute atomic E-state index is 13.0. The molecule has 6 nitrogen and oxygen atoms in total. The lowest BCUT2D eigenvalue weighted by Gasteiger charge is -2.32. The second kappa shape index (κ2) is 9.72. The first-order valence-electron chi connectivity index (χ1n) is 11.7. The fourth-order valence-electron chi connectivity index (χ4n) is 4.68. The lowest BCUT2D eigenvalue weighted by Crippen LogP contribution is -2.38. The summed E-state index contributed by atoms with van der Waals surface area (Å²) in [4.78, 5) is 22.4. The number of piperidine rings is 1. The van der Waals surface area contributed by atoms with Crippen LogP contribution >= 0.6 is 0 Å². The summed E-state index contributed by atoms with van der Waals surface area (Å²) in [5.41, 5.74) is 4.48. The molecule has 182 valence electrons. The van der Waals surface area contributed by atoms with Gasteiger partial charge in [0.15, 0.2) is 0 Å². The van der Waals surface area contributed by atoms with Crippen LogP contribution in [-0.4, -0.2) is 43.5 Å². The van der Waals surface area contributed by atoms with E-state index in [1.54, 1.807) is 13.8 Å². The molecule has 0 atom stereocenters. The highest BCUT2D eigenvalue weighted by Crippen LogP contribution is 2.27. The third-order valence-electron chi connectivity index (χ3n) is 6.82. The number of nitrogens with zero attached hydrogens (tertiary/aromatic N) is 5. The number of alkyl halides is 3. The Morgan fingerprint density at radius 1 is 1.03 bits per heavy atom. The van der Waals surface area contributed by atoms with Gasteiger partial charge in [0.2, 0.25) is 5.91 Å². The predicted molar refractivity (Wildman–Crippen MR) is 122 cm³/mol. The number of halogens is 3. The van der Waals surface area contributed by atoms with Gasteiger partial charge in [0.05, 0.1) is 0 Å². The van der Waals surface area contributed by atoms with Gasteiger partial charge in [-0.25, -0.2) is 9.50 Å². The Balaban J connectivity index is 1.31. The molecule has 9 heteroatoms. The van der Waals surface area contributed by atoms with Gasteiger partial charge in [-0.2, -0.15) is 18.2 Å². The number of carbonyl (C=O) groups is 1. The van der Waals surface area contributed by atoms with Gasteiger partial charge in [-0.05, 0) is 69.9 Å². The average Bonchev–Trinajstić information content (AvgIpc) is 3.23. The average molecular weight is 474 g/mol. The summed E-state index contributed by atoms with van der Waals surface area (Å²) >= 11 is 0. The zero-order chi connectivity index (χ0) is 24.5. The van der Waals surface area contributed by atoms with E-state index in [-0.39, 0.29) is 11.7 Å². The van der Waals surface area contributed by atoms with Crippen LogP contribution in [0.1, 0.15) is 59.6 Å². The molecule has 1 aliphatic rings. The fraction of sp³-hybridized carbons (Fsp3) is 0.520. The molecule has 1 amide bonds. The van der Waals surface area contributed by atoms with Gasteiger partial charge >= 0.3 is 6.18 Å². The van der Waals surface area contributed by atoms with Crippen LogP contribution in [-0.2, 0) is 23.8 Å². The van der Waals surface area contributed by atoms with Crippen molar-refractivity contribution in [1.82, 2.24) is 24.5 Å². The van der Waals surface area contributed by atoms with Crippen molar-refractivity contribution in [3.8, 4) is 0 Å². The molecule has 1 aromatic carbocycles. The molecule has 0 saturated carbocycles. The summed E-state index contributed by atoms with van der Waals surface area (Å²) in [7, 11) is 0. The lowest BCUT2D eigenvalue weighted by molar-refractivity contribution is -0.144. The molecule has 0 bridgehead atoms. The quantitative estimate of drug-likeness (QED) is 0.512. The summed E-state index contributed by atoms with van der Waals surface area (Å²) in [5, 5.41) is 3.58. The second-order valence-corrected chi connectivity index (χ2v) is 9.25. The van der Waals surface area contributed by atoms with Gasteiger partial charge in [-0.1, -0.05) is 29.8 Å². The molecular weight excluding hydrogens is 443 g/mol. The summed E-state index contributed by atoms with van der Waals surface area (Å²) in [6.07, 6.45) is 0.275. The molecule has 2 aromatic heterocycles. The monoisotopic (exact) mass is 473 g/mol. The molecule has 0 radical (unpaired) electrons. The summed E-state index contributed by atoms with van der Waals surface area (Å²) in [5.74, 6) is -0.590. The van der Waals surface area contributed by atoms with Crippen LogP contribution in [0.2, 0.25) is 0 Å². The fourth-order valence-corrected chi connectivity index (χ4v) is 4.68. The first-order valence-corrected chi connectivity index (χ1v) is 11.7. The second-order valence-electron chi connectivity index (χ2n) is 9.25. The molecule has 0 N–H and O–H groups in total. The number of carbonyl (C=O) groups excluding carboxylic acids is 1.